The van der Waals surface area contributed by atoms with Crippen molar-refractivity contribution >= 4 is 5.90 Å². The van der Waals surface area contributed by atoms with Crippen LogP contribution in [0.3, 0.4) is 0 Å². The highest BCUT2D eigenvalue weighted by atomic mass is 16.7. The second kappa shape index (κ2) is 9.94. The zero-order chi connectivity index (χ0) is 18.0. The molecular formula is C19H24N2O5. The summed E-state index contributed by atoms with van der Waals surface area (Å²) in [4.78, 5) is 4.28. The smallest absolute Gasteiger partial charge is 0.216 e. The lowest BCUT2D eigenvalue weighted by Crippen LogP contribution is -2.10. The van der Waals surface area contributed by atoms with E-state index in [-0.39, 0.29) is 6.79 Å². The van der Waals surface area contributed by atoms with E-state index in [9.17, 15) is 0 Å². The lowest BCUT2D eigenvalue weighted by molar-refractivity contribution is -0.0609. The van der Waals surface area contributed by atoms with Gasteiger partial charge in [0.2, 0.25) is 5.90 Å². The third-order valence-electron chi connectivity index (χ3n) is 3.74. The topological polar surface area (TPSA) is 75.3 Å². The molecule has 7 heteroatoms. The number of ether oxygens (including phenoxy) is 4. The molecule has 0 spiro atoms. The van der Waals surface area contributed by atoms with Crippen molar-refractivity contribution in [2.75, 3.05) is 39.8 Å². The molecule has 0 N–H and O–H groups in total. The van der Waals surface area contributed by atoms with Crippen LogP contribution >= 0.6 is 0 Å². The highest BCUT2D eigenvalue weighted by molar-refractivity contribution is 5.94. The number of hydrogen-bond acceptors (Lipinski definition) is 7. The minimum Gasteiger partial charge on any atom is -0.491 e. The maximum atomic E-state index is 5.63. The quantitative estimate of drug-likeness (QED) is 0.453. The molecule has 0 radical (unpaired) electrons. The Labute approximate surface area is 152 Å². The van der Waals surface area contributed by atoms with E-state index in [1.165, 1.54) is 0 Å². The fourth-order valence-corrected chi connectivity index (χ4v) is 2.48. The van der Waals surface area contributed by atoms with Crippen LogP contribution in [0.2, 0.25) is 0 Å². The van der Waals surface area contributed by atoms with E-state index in [1.807, 2.05) is 37.3 Å². The second-order valence-electron chi connectivity index (χ2n) is 5.88. The summed E-state index contributed by atoms with van der Waals surface area (Å²) < 4.78 is 27.0. The molecule has 1 aliphatic rings. The fraction of sp³-hybridized carbons (Fsp3) is 0.474. The maximum absolute atomic E-state index is 5.63. The predicted octanol–water partition coefficient (Wildman–Crippen LogP) is 2.76. The van der Waals surface area contributed by atoms with Crippen LogP contribution in [-0.2, 0) is 20.6 Å². The summed E-state index contributed by atoms with van der Waals surface area (Å²) >= 11 is 0. The van der Waals surface area contributed by atoms with Crippen LogP contribution in [-0.4, -0.2) is 50.8 Å². The Morgan fingerprint density at radius 1 is 1.08 bits per heavy atom. The van der Waals surface area contributed by atoms with Gasteiger partial charge in [0, 0.05) is 24.7 Å². The molecule has 140 valence electrons. The van der Waals surface area contributed by atoms with Gasteiger partial charge in [-0.05, 0) is 37.6 Å². The van der Waals surface area contributed by atoms with Crippen molar-refractivity contribution in [3.63, 3.8) is 0 Å². The van der Waals surface area contributed by atoms with E-state index >= 15 is 0 Å². The zero-order valence-electron chi connectivity index (χ0n) is 15.0. The summed E-state index contributed by atoms with van der Waals surface area (Å²) in [5.41, 5.74) is 1.87. The fourth-order valence-electron chi connectivity index (χ4n) is 2.48. The molecule has 0 atom stereocenters. The predicted molar refractivity (Wildman–Crippen MR) is 95.6 cm³/mol. The van der Waals surface area contributed by atoms with Crippen molar-refractivity contribution in [3.8, 4) is 5.75 Å². The van der Waals surface area contributed by atoms with Crippen LogP contribution in [0.15, 0.2) is 39.8 Å². The van der Waals surface area contributed by atoms with Crippen LogP contribution in [0.25, 0.3) is 0 Å². The molecule has 1 aromatic carbocycles. The monoisotopic (exact) mass is 360 g/mol. The van der Waals surface area contributed by atoms with E-state index in [4.69, 9.17) is 23.5 Å². The van der Waals surface area contributed by atoms with Crippen LogP contribution < -0.4 is 4.74 Å². The molecule has 2 aromatic rings. The van der Waals surface area contributed by atoms with Crippen molar-refractivity contribution < 1.29 is 23.5 Å². The summed E-state index contributed by atoms with van der Waals surface area (Å²) in [6.07, 6.45) is 1.69. The summed E-state index contributed by atoms with van der Waals surface area (Å²) in [5.74, 6) is 2.38. The molecule has 0 amide bonds. The van der Waals surface area contributed by atoms with Crippen molar-refractivity contribution in [1.82, 2.24) is 5.16 Å². The molecule has 0 bridgehead atoms. The minimum absolute atomic E-state index is 0.259. The van der Waals surface area contributed by atoms with Crippen molar-refractivity contribution in [3.05, 3.63) is 47.3 Å². The van der Waals surface area contributed by atoms with Crippen molar-refractivity contribution in [1.29, 1.82) is 0 Å². The first-order valence-electron chi connectivity index (χ1n) is 8.79. The third kappa shape index (κ3) is 5.86. The van der Waals surface area contributed by atoms with Gasteiger partial charge in [0.15, 0.2) is 0 Å². The number of aryl methyl sites for hydroxylation is 2. The molecule has 3 rings (SSSR count). The number of hydrogen-bond donors (Lipinski definition) is 0. The Balaban J connectivity index is 1.20. The third-order valence-corrected chi connectivity index (χ3v) is 3.74. The largest absolute Gasteiger partial charge is 0.491 e. The second-order valence-corrected chi connectivity index (χ2v) is 5.88. The van der Waals surface area contributed by atoms with Gasteiger partial charge < -0.3 is 23.5 Å². The van der Waals surface area contributed by atoms with Crippen LogP contribution in [0, 0.1) is 6.92 Å². The first kappa shape index (κ1) is 18.4. The van der Waals surface area contributed by atoms with Crippen LogP contribution in [0.5, 0.6) is 5.75 Å². The average Bonchev–Trinajstić information content (AvgIpc) is 3.33. The van der Waals surface area contributed by atoms with Gasteiger partial charge in [0.25, 0.3) is 0 Å². The standard InChI is InChI=1S/C19H24N2O5/c1-15-13-18(26-21-15)3-2-9-22-14-23-11-12-24-17-6-4-16(5-7-17)19-20-8-10-25-19/h4-7,13H,2-3,8-12,14H2,1H3. The van der Waals surface area contributed by atoms with Crippen molar-refractivity contribution in [2.24, 2.45) is 4.99 Å². The average molecular weight is 360 g/mol. The molecule has 26 heavy (non-hydrogen) atoms. The van der Waals surface area contributed by atoms with Gasteiger partial charge in [-0.1, -0.05) is 5.16 Å². The first-order valence-corrected chi connectivity index (χ1v) is 8.79. The highest BCUT2D eigenvalue weighted by Gasteiger charge is 2.09. The molecule has 0 aliphatic carbocycles. The van der Waals surface area contributed by atoms with Crippen molar-refractivity contribution in [2.45, 2.75) is 19.8 Å². The zero-order valence-corrected chi connectivity index (χ0v) is 15.0. The van der Waals surface area contributed by atoms with E-state index in [0.717, 1.165) is 42.2 Å². The molecule has 0 saturated carbocycles. The normalized spacial score (nSPS) is 13.5. The number of nitrogens with zero attached hydrogens (tertiary/aromatic N) is 2. The summed E-state index contributed by atoms with van der Waals surface area (Å²) in [5, 5.41) is 3.85. The Bertz CT molecular complexity index is 696. The SMILES string of the molecule is Cc1cc(CCCOCOCCOc2ccc(C3=NCCO3)cc2)on1. The molecular weight excluding hydrogens is 336 g/mol. The summed E-state index contributed by atoms with van der Waals surface area (Å²) in [7, 11) is 0. The van der Waals surface area contributed by atoms with E-state index < -0.39 is 0 Å². The van der Waals surface area contributed by atoms with Gasteiger partial charge in [-0.2, -0.15) is 0 Å². The lowest BCUT2D eigenvalue weighted by Gasteiger charge is -2.08. The molecule has 2 heterocycles. The summed E-state index contributed by atoms with van der Waals surface area (Å²) in [6.45, 7) is 5.12. The summed E-state index contributed by atoms with van der Waals surface area (Å²) in [6, 6.07) is 9.63. The van der Waals surface area contributed by atoms with Gasteiger partial charge in [0.1, 0.15) is 31.5 Å². The molecule has 0 fully saturated rings. The minimum atomic E-state index is 0.259. The van der Waals surface area contributed by atoms with Crippen LogP contribution in [0.4, 0.5) is 0 Å². The number of rotatable bonds is 11. The number of aliphatic imine (C=N–C) groups is 1. The van der Waals surface area contributed by atoms with Gasteiger partial charge in [-0.3, -0.25) is 0 Å². The lowest BCUT2D eigenvalue weighted by atomic mass is 10.2. The molecule has 1 aliphatic heterocycles. The van der Waals surface area contributed by atoms with E-state index in [1.54, 1.807) is 0 Å². The molecule has 7 nitrogen and oxygen atoms in total. The van der Waals surface area contributed by atoms with E-state index in [2.05, 4.69) is 10.1 Å². The van der Waals surface area contributed by atoms with Gasteiger partial charge in [0.05, 0.1) is 18.8 Å². The number of benzene rings is 1. The molecule has 0 unspecified atom stereocenters. The van der Waals surface area contributed by atoms with Gasteiger partial charge in [-0.25, -0.2) is 4.99 Å². The van der Waals surface area contributed by atoms with Gasteiger partial charge in [-0.15, -0.1) is 0 Å². The van der Waals surface area contributed by atoms with Crippen LogP contribution in [0.1, 0.15) is 23.4 Å². The van der Waals surface area contributed by atoms with E-state index in [0.29, 0.717) is 32.3 Å². The Kier molecular flexibility index (Phi) is 7.04. The molecule has 0 saturated heterocycles. The first-order chi connectivity index (χ1) is 12.8. The van der Waals surface area contributed by atoms with Gasteiger partial charge >= 0.3 is 0 Å². The Morgan fingerprint density at radius 3 is 2.65 bits per heavy atom. The molecule has 1 aromatic heterocycles. The highest BCUT2D eigenvalue weighted by Crippen LogP contribution is 2.14. The maximum Gasteiger partial charge on any atom is 0.216 e. The Hall–Kier alpha value is -2.38. The number of aromatic nitrogens is 1. The Morgan fingerprint density at radius 2 is 1.92 bits per heavy atom.